The fraction of sp³-hybridized carbons (Fsp3) is 0.353. The number of anilines is 1. The molecule has 3 aromatic rings. The van der Waals surface area contributed by atoms with Gasteiger partial charge in [-0.15, -0.1) is 0 Å². The number of hydrogen-bond acceptors (Lipinski definition) is 5. The van der Waals surface area contributed by atoms with Crippen molar-refractivity contribution in [3.8, 4) is 11.3 Å². The van der Waals surface area contributed by atoms with E-state index in [0.29, 0.717) is 0 Å². The summed E-state index contributed by atoms with van der Waals surface area (Å²) < 4.78 is 5.76. The maximum absolute atomic E-state index is 4.65. The van der Waals surface area contributed by atoms with Crippen molar-refractivity contribution >= 4 is 27.6 Å². The first-order chi connectivity index (χ1) is 10.8. The van der Waals surface area contributed by atoms with E-state index in [2.05, 4.69) is 38.3 Å². The summed E-state index contributed by atoms with van der Waals surface area (Å²) >= 11 is 1.51. The maximum Gasteiger partial charge on any atom is 0.151 e. The normalized spacial score (nSPS) is 18.8. The number of rotatable bonds is 2. The van der Waals surface area contributed by atoms with Crippen LogP contribution in [-0.2, 0) is 0 Å². The molecular weight excluding hydrogens is 292 g/mol. The van der Waals surface area contributed by atoms with Crippen LogP contribution in [0.3, 0.4) is 0 Å². The Kier molecular flexibility index (Phi) is 3.50. The zero-order chi connectivity index (χ0) is 14.9. The molecule has 112 valence electrons. The second-order valence-corrected chi connectivity index (χ2v) is 6.74. The van der Waals surface area contributed by atoms with Crippen molar-refractivity contribution in [1.82, 2.24) is 14.3 Å². The van der Waals surface area contributed by atoms with E-state index < -0.39 is 0 Å². The Balaban J connectivity index is 1.80. The molecule has 0 aliphatic carbocycles. The SMILES string of the molecule is C[C@@H]1CCCN(c2ncnc3c(-c4ccccc4)nsc23)C1. The van der Waals surface area contributed by atoms with Gasteiger partial charge in [0.15, 0.2) is 5.82 Å². The van der Waals surface area contributed by atoms with Gasteiger partial charge in [0.25, 0.3) is 0 Å². The number of piperidine rings is 1. The van der Waals surface area contributed by atoms with E-state index in [-0.39, 0.29) is 0 Å². The van der Waals surface area contributed by atoms with Crippen LogP contribution in [0.2, 0.25) is 0 Å². The van der Waals surface area contributed by atoms with Crippen LogP contribution in [0.25, 0.3) is 21.5 Å². The minimum absolute atomic E-state index is 0.722. The van der Waals surface area contributed by atoms with Gasteiger partial charge in [-0.05, 0) is 30.3 Å². The maximum atomic E-state index is 4.65. The zero-order valence-corrected chi connectivity index (χ0v) is 13.4. The number of aromatic nitrogens is 3. The molecule has 0 amide bonds. The molecule has 0 spiro atoms. The van der Waals surface area contributed by atoms with E-state index in [1.54, 1.807) is 6.33 Å². The van der Waals surface area contributed by atoms with Crippen molar-refractivity contribution in [2.24, 2.45) is 5.92 Å². The van der Waals surface area contributed by atoms with E-state index in [4.69, 9.17) is 0 Å². The molecule has 1 aromatic carbocycles. The van der Waals surface area contributed by atoms with Gasteiger partial charge in [0.2, 0.25) is 0 Å². The summed E-state index contributed by atoms with van der Waals surface area (Å²) in [5.74, 6) is 1.77. The first-order valence-electron chi connectivity index (χ1n) is 7.73. The zero-order valence-electron chi connectivity index (χ0n) is 12.6. The van der Waals surface area contributed by atoms with Crippen molar-refractivity contribution < 1.29 is 0 Å². The molecule has 1 saturated heterocycles. The van der Waals surface area contributed by atoms with Crippen LogP contribution in [0, 0.1) is 5.92 Å². The predicted molar refractivity (Wildman–Crippen MR) is 91.3 cm³/mol. The molecule has 0 bridgehead atoms. The molecule has 4 nitrogen and oxygen atoms in total. The highest BCUT2D eigenvalue weighted by Crippen LogP contribution is 2.35. The van der Waals surface area contributed by atoms with Gasteiger partial charge in [-0.2, -0.15) is 4.37 Å². The lowest BCUT2D eigenvalue weighted by Crippen LogP contribution is -2.34. The Morgan fingerprint density at radius 2 is 2.05 bits per heavy atom. The molecule has 4 rings (SSSR count). The van der Waals surface area contributed by atoms with Crippen molar-refractivity contribution in [3.05, 3.63) is 36.7 Å². The lowest BCUT2D eigenvalue weighted by Gasteiger charge is -2.31. The third-order valence-electron chi connectivity index (χ3n) is 4.24. The second kappa shape index (κ2) is 5.65. The van der Waals surface area contributed by atoms with Crippen LogP contribution in [0.4, 0.5) is 5.82 Å². The molecule has 2 aromatic heterocycles. The number of fused-ring (bicyclic) bond motifs is 1. The van der Waals surface area contributed by atoms with Crippen molar-refractivity contribution in [1.29, 1.82) is 0 Å². The Morgan fingerprint density at radius 1 is 1.18 bits per heavy atom. The first kappa shape index (κ1) is 13.6. The summed E-state index contributed by atoms with van der Waals surface area (Å²) in [6, 6.07) is 10.3. The minimum atomic E-state index is 0.722. The van der Waals surface area contributed by atoms with Crippen LogP contribution in [-0.4, -0.2) is 27.4 Å². The average Bonchev–Trinajstić information content (AvgIpc) is 2.99. The molecule has 0 unspecified atom stereocenters. The molecule has 22 heavy (non-hydrogen) atoms. The topological polar surface area (TPSA) is 41.9 Å². The molecule has 0 saturated carbocycles. The van der Waals surface area contributed by atoms with Gasteiger partial charge in [-0.25, -0.2) is 9.97 Å². The number of nitrogens with zero attached hydrogens (tertiary/aromatic N) is 4. The van der Waals surface area contributed by atoms with Crippen LogP contribution >= 0.6 is 11.5 Å². The molecule has 1 aliphatic rings. The standard InChI is InChI=1S/C17H18N4S/c1-12-6-5-9-21(10-12)17-16-15(18-11-19-17)14(20-22-16)13-7-3-2-4-8-13/h2-4,7-8,11-12H,5-6,9-10H2,1H3/t12-/m1/s1. The van der Waals surface area contributed by atoms with Gasteiger partial charge < -0.3 is 4.90 Å². The van der Waals surface area contributed by atoms with Gasteiger partial charge >= 0.3 is 0 Å². The summed E-state index contributed by atoms with van der Waals surface area (Å²) in [5, 5.41) is 0. The fourth-order valence-corrected chi connectivity index (χ4v) is 4.02. The first-order valence-corrected chi connectivity index (χ1v) is 8.51. The molecule has 3 heterocycles. The third kappa shape index (κ3) is 2.35. The monoisotopic (exact) mass is 310 g/mol. The largest absolute Gasteiger partial charge is 0.355 e. The summed E-state index contributed by atoms with van der Waals surface area (Å²) in [6.07, 6.45) is 4.22. The van der Waals surface area contributed by atoms with Gasteiger partial charge in [-0.3, -0.25) is 0 Å². The molecule has 1 atom stereocenters. The van der Waals surface area contributed by atoms with Gasteiger partial charge in [0, 0.05) is 18.7 Å². The third-order valence-corrected chi connectivity index (χ3v) is 5.07. The summed E-state index contributed by atoms with van der Waals surface area (Å²) in [5.41, 5.74) is 3.05. The van der Waals surface area contributed by atoms with Gasteiger partial charge in [0.1, 0.15) is 22.2 Å². The molecule has 0 N–H and O–H groups in total. The van der Waals surface area contributed by atoms with Crippen LogP contribution in [0.1, 0.15) is 19.8 Å². The minimum Gasteiger partial charge on any atom is -0.355 e. The van der Waals surface area contributed by atoms with Gasteiger partial charge in [0.05, 0.1) is 0 Å². The van der Waals surface area contributed by atoms with Crippen LogP contribution in [0.15, 0.2) is 36.7 Å². The average molecular weight is 310 g/mol. The van der Waals surface area contributed by atoms with E-state index in [1.807, 2.05) is 18.2 Å². The number of hydrogen-bond donors (Lipinski definition) is 0. The molecule has 5 heteroatoms. The molecular formula is C17H18N4S. The van der Waals surface area contributed by atoms with Gasteiger partial charge in [-0.1, -0.05) is 37.3 Å². The molecule has 0 radical (unpaired) electrons. The molecule has 1 aliphatic heterocycles. The van der Waals surface area contributed by atoms with E-state index >= 15 is 0 Å². The lowest BCUT2D eigenvalue weighted by molar-refractivity contribution is 0.445. The molecule has 1 fully saturated rings. The second-order valence-electron chi connectivity index (χ2n) is 5.97. The Morgan fingerprint density at radius 3 is 2.86 bits per heavy atom. The highest BCUT2D eigenvalue weighted by atomic mass is 32.1. The van der Waals surface area contributed by atoms with Crippen molar-refractivity contribution in [2.75, 3.05) is 18.0 Å². The Labute approximate surface area is 134 Å². The summed E-state index contributed by atoms with van der Waals surface area (Å²) in [4.78, 5) is 11.5. The predicted octanol–water partition coefficient (Wildman–Crippen LogP) is 3.99. The highest BCUT2D eigenvalue weighted by molar-refractivity contribution is 7.14. The number of benzene rings is 1. The Hall–Kier alpha value is -2.01. The summed E-state index contributed by atoms with van der Waals surface area (Å²) in [6.45, 7) is 4.46. The van der Waals surface area contributed by atoms with E-state index in [1.165, 1.54) is 24.4 Å². The van der Waals surface area contributed by atoms with Crippen LogP contribution < -0.4 is 4.90 Å². The van der Waals surface area contributed by atoms with Crippen LogP contribution in [0.5, 0.6) is 0 Å². The van der Waals surface area contributed by atoms with Crippen molar-refractivity contribution in [2.45, 2.75) is 19.8 Å². The fourth-order valence-electron chi connectivity index (χ4n) is 3.14. The van der Waals surface area contributed by atoms with Crippen molar-refractivity contribution in [3.63, 3.8) is 0 Å². The highest BCUT2D eigenvalue weighted by Gasteiger charge is 2.22. The summed E-state index contributed by atoms with van der Waals surface area (Å²) in [7, 11) is 0. The quantitative estimate of drug-likeness (QED) is 0.718. The van der Waals surface area contributed by atoms with E-state index in [0.717, 1.165) is 46.3 Å². The van der Waals surface area contributed by atoms with E-state index in [9.17, 15) is 0 Å². The Bertz CT molecular complexity index is 784. The lowest BCUT2D eigenvalue weighted by atomic mass is 10.0. The smallest absolute Gasteiger partial charge is 0.151 e.